The molecule has 9 heteroatoms. The lowest BCUT2D eigenvalue weighted by molar-refractivity contribution is -0.157. The molecule has 2 fully saturated rings. The summed E-state index contributed by atoms with van der Waals surface area (Å²) in [5.74, 6) is -1.62. The summed E-state index contributed by atoms with van der Waals surface area (Å²) in [7, 11) is 0. The van der Waals surface area contributed by atoms with Crippen LogP contribution in [-0.4, -0.2) is 54.6 Å². The Bertz CT molecular complexity index is 420. The molecular formula is C13H21ClF3N3O2. The van der Waals surface area contributed by atoms with E-state index < -0.39 is 24.5 Å². The van der Waals surface area contributed by atoms with E-state index in [1.54, 1.807) is 0 Å². The maximum atomic E-state index is 12.3. The summed E-state index contributed by atoms with van der Waals surface area (Å²) < 4.78 is 37.0. The zero-order chi connectivity index (χ0) is 15.6. The van der Waals surface area contributed by atoms with Gasteiger partial charge in [0.25, 0.3) is 0 Å². The molecule has 2 N–H and O–H groups in total. The average molecular weight is 344 g/mol. The van der Waals surface area contributed by atoms with Crippen LogP contribution in [-0.2, 0) is 9.59 Å². The van der Waals surface area contributed by atoms with E-state index >= 15 is 0 Å². The van der Waals surface area contributed by atoms with Gasteiger partial charge >= 0.3 is 6.18 Å². The summed E-state index contributed by atoms with van der Waals surface area (Å²) in [6.45, 7) is 1.42. The molecule has 3 unspecified atom stereocenters. The van der Waals surface area contributed by atoms with Crippen molar-refractivity contribution in [3.8, 4) is 0 Å². The Kier molecular flexibility index (Phi) is 6.49. The summed E-state index contributed by atoms with van der Waals surface area (Å²) in [5, 5.41) is 6.09. The minimum atomic E-state index is -4.43. The monoisotopic (exact) mass is 343 g/mol. The molecule has 2 rings (SSSR count). The summed E-state index contributed by atoms with van der Waals surface area (Å²) in [5.41, 5.74) is 0. The number of hydrogen-bond donors (Lipinski definition) is 2. The van der Waals surface area contributed by atoms with Gasteiger partial charge in [-0.15, -0.1) is 12.4 Å². The van der Waals surface area contributed by atoms with Crippen LogP contribution < -0.4 is 10.6 Å². The highest BCUT2D eigenvalue weighted by Gasteiger charge is 2.41. The highest BCUT2D eigenvalue weighted by molar-refractivity contribution is 5.89. The number of hydrogen-bond acceptors (Lipinski definition) is 3. The number of nitrogens with one attached hydrogen (secondary N) is 2. The van der Waals surface area contributed by atoms with Crippen molar-refractivity contribution >= 4 is 24.2 Å². The Hall–Kier alpha value is -1.02. The molecule has 2 heterocycles. The van der Waals surface area contributed by atoms with Crippen LogP contribution in [0.1, 0.15) is 26.2 Å². The Labute approximate surface area is 133 Å². The Balaban J connectivity index is 0.00000242. The minimum absolute atomic E-state index is 0. The van der Waals surface area contributed by atoms with Crippen molar-refractivity contribution in [2.75, 3.05) is 19.6 Å². The van der Waals surface area contributed by atoms with Crippen LogP contribution in [0.5, 0.6) is 0 Å². The second-order valence-electron chi connectivity index (χ2n) is 5.79. The van der Waals surface area contributed by atoms with E-state index in [1.165, 1.54) is 0 Å². The van der Waals surface area contributed by atoms with Gasteiger partial charge in [0.05, 0.1) is 5.92 Å². The number of carbonyl (C=O) groups excluding carboxylic acids is 2. The van der Waals surface area contributed by atoms with E-state index in [0.29, 0.717) is 4.90 Å². The van der Waals surface area contributed by atoms with Crippen molar-refractivity contribution in [3.05, 3.63) is 0 Å². The highest BCUT2D eigenvalue weighted by Crippen LogP contribution is 2.24. The first-order chi connectivity index (χ1) is 9.76. The fourth-order valence-corrected chi connectivity index (χ4v) is 2.86. The smallest absolute Gasteiger partial charge is 0.352 e. The molecule has 0 aliphatic carbocycles. The Morgan fingerprint density at radius 3 is 2.73 bits per heavy atom. The number of likely N-dealkylation sites (tertiary alicyclic amines) is 1. The van der Waals surface area contributed by atoms with E-state index in [-0.39, 0.29) is 43.4 Å². The molecular weight excluding hydrogens is 323 g/mol. The van der Waals surface area contributed by atoms with Crippen molar-refractivity contribution < 1.29 is 22.8 Å². The zero-order valence-electron chi connectivity index (χ0n) is 12.3. The molecule has 128 valence electrons. The Morgan fingerprint density at radius 2 is 2.14 bits per heavy atom. The lowest BCUT2D eigenvalue weighted by atomic mass is 9.98. The predicted octanol–water partition coefficient (Wildman–Crippen LogP) is 1.08. The van der Waals surface area contributed by atoms with Crippen LogP contribution in [0.25, 0.3) is 0 Å². The van der Waals surface area contributed by atoms with Gasteiger partial charge in [-0.2, -0.15) is 13.2 Å². The highest BCUT2D eigenvalue weighted by atomic mass is 35.5. The van der Waals surface area contributed by atoms with Gasteiger partial charge in [0.2, 0.25) is 11.8 Å². The van der Waals surface area contributed by atoms with Gasteiger partial charge in [-0.05, 0) is 26.3 Å². The molecule has 0 saturated carbocycles. The largest absolute Gasteiger partial charge is 0.406 e. The molecule has 0 bridgehead atoms. The van der Waals surface area contributed by atoms with Gasteiger partial charge in [0, 0.05) is 25.0 Å². The second kappa shape index (κ2) is 7.50. The fraction of sp³-hybridized carbons (Fsp3) is 0.846. The molecule has 2 amide bonds. The van der Waals surface area contributed by atoms with Crippen LogP contribution in [0.15, 0.2) is 0 Å². The zero-order valence-corrected chi connectivity index (χ0v) is 13.1. The molecule has 0 aromatic carbocycles. The third-order valence-corrected chi connectivity index (χ3v) is 4.04. The third kappa shape index (κ3) is 5.01. The van der Waals surface area contributed by atoms with Gasteiger partial charge in [-0.1, -0.05) is 0 Å². The first-order valence-electron chi connectivity index (χ1n) is 7.14. The number of piperidine rings is 1. The van der Waals surface area contributed by atoms with Crippen molar-refractivity contribution in [3.63, 3.8) is 0 Å². The summed E-state index contributed by atoms with van der Waals surface area (Å²) >= 11 is 0. The lowest BCUT2D eigenvalue weighted by Gasteiger charge is -2.31. The molecule has 2 aliphatic rings. The van der Waals surface area contributed by atoms with Gasteiger partial charge in [0.15, 0.2) is 0 Å². The van der Waals surface area contributed by atoms with Crippen LogP contribution in [0.3, 0.4) is 0 Å². The van der Waals surface area contributed by atoms with E-state index in [9.17, 15) is 22.8 Å². The van der Waals surface area contributed by atoms with Crippen LogP contribution in [0.2, 0.25) is 0 Å². The van der Waals surface area contributed by atoms with Gasteiger partial charge in [-0.25, -0.2) is 0 Å². The van der Waals surface area contributed by atoms with E-state index in [4.69, 9.17) is 0 Å². The van der Waals surface area contributed by atoms with Crippen LogP contribution in [0.4, 0.5) is 13.2 Å². The van der Waals surface area contributed by atoms with Gasteiger partial charge in [-0.3, -0.25) is 9.59 Å². The number of halogens is 4. The predicted molar refractivity (Wildman–Crippen MR) is 76.6 cm³/mol. The van der Waals surface area contributed by atoms with E-state index in [1.807, 2.05) is 6.92 Å². The molecule has 3 atom stereocenters. The van der Waals surface area contributed by atoms with Crippen molar-refractivity contribution in [1.29, 1.82) is 0 Å². The third-order valence-electron chi connectivity index (χ3n) is 4.04. The number of rotatable bonds is 3. The Morgan fingerprint density at radius 1 is 1.45 bits per heavy atom. The lowest BCUT2D eigenvalue weighted by Crippen LogP contribution is -2.53. The summed E-state index contributed by atoms with van der Waals surface area (Å²) in [6, 6.07) is 0.101. The number of nitrogens with zero attached hydrogens (tertiary/aromatic N) is 1. The molecule has 0 radical (unpaired) electrons. The molecule has 2 saturated heterocycles. The van der Waals surface area contributed by atoms with E-state index in [0.717, 1.165) is 19.4 Å². The SMILES string of the molecule is CC1NCCCC1NC(=O)C1CC(=O)N(CC(F)(F)F)C1.Cl. The molecule has 0 aromatic rings. The maximum Gasteiger partial charge on any atom is 0.406 e. The standard InChI is InChI=1S/C13H20F3N3O2.ClH/c1-8-10(3-2-4-17-8)18-12(21)9-5-11(20)19(6-9)7-13(14,15)16;/h8-10,17H,2-7H2,1H3,(H,18,21);1H. The van der Waals surface area contributed by atoms with Crippen LogP contribution >= 0.6 is 12.4 Å². The quantitative estimate of drug-likeness (QED) is 0.806. The average Bonchev–Trinajstić information content (AvgIpc) is 2.72. The molecule has 22 heavy (non-hydrogen) atoms. The van der Waals surface area contributed by atoms with Gasteiger partial charge < -0.3 is 15.5 Å². The first-order valence-corrected chi connectivity index (χ1v) is 7.14. The first kappa shape index (κ1) is 19.0. The second-order valence-corrected chi connectivity index (χ2v) is 5.79. The fourth-order valence-electron chi connectivity index (χ4n) is 2.86. The van der Waals surface area contributed by atoms with E-state index in [2.05, 4.69) is 10.6 Å². The molecule has 0 spiro atoms. The summed E-state index contributed by atoms with van der Waals surface area (Å²) in [6.07, 6.45) is -2.79. The van der Waals surface area contributed by atoms with Crippen molar-refractivity contribution in [2.24, 2.45) is 5.92 Å². The van der Waals surface area contributed by atoms with Crippen molar-refractivity contribution in [1.82, 2.24) is 15.5 Å². The number of alkyl halides is 3. The normalized spacial score (nSPS) is 29.2. The van der Waals surface area contributed by atoms with Crippen LogP contribution in [0, 0.1) is 5.92 Å². The summed E-state index contributed by atoms with van der Waals surface area (Å²) in [4.78, 5) is 24.4. The minimum Gasteiger partial charge on any atom is -0.352 e. The van der Waals surface area contributed by atoms with Gasteiger partial charge in [0.1, 0.15) is 6.54 Å². The maximum absolute atomic E-state index is 12.3. The number of carbonyl (C=O) groups is 2. The van der Waals surface area contributed by atoms with Crippen molar-refractivity contribution in [2.45, 2.75) is 44.4 Å². The molecule has 0 aromatic heterocycles. The number of amides is 2. The molecule has 5 nitrogen and oxygen atoms in total. The molecule has 2 aliphatic heterocycles. The topological polar surface area (TPSA) is 61.4 Å².